The summed E-state index contributed by atoms with van der Waals surface area (Å²) in [6.07, 6.45) is 4.99. The van der Waals surface area contributed by atoms with Crippen LogP contribution >= 0.6 is 0 Å². The molecule has 1 saturated heterocycles. The molecular weight excluding hydrogens is 396 g/mol. The highest BCUT2D eigenvalue weighted by atomic mass is 16.5. The van der Waals surface area contributed by atoms with Crippen LogP contribution in [0.4, 0.5) is 0 Å². The number of ether oxygens (including phenoxy) is 2. The molecule has 4 rings (SSSR count). The van der Waals surface area contributed by atoms with Gasteiger partial charge in [0.1, 0.15) is 18.1 Å². The van der Waals surface area contributed by atoms with Crippen molar-refractivity contribution >= 4 is 5.91 Å². The second kappa shape index (κ2) is 9.26. The summed E-state index contributed by atoms with van der Waals surface area (Å²) in [5.74, 6) is 1.00. The van der Waals surface area contributed by atoms with Crippen LogP contribution in [0.3, 0.4) is 0 Å². The van der Waals surface area contributed by atoms with Gasteiger partial charge in [0.05, 0.1) is 11.1 Å². The number of aryl methyl sites for hydroxylation is 3. The van der Waals surface area contributed by atoms with Gasteiger partial charge in [-0.1, -0.05) is 5.16 Å². The molecule has 1 fully saturated rings. The molecule has 1 aliphatic heterocycles. The summed E-state index contributed by atoms with van der Waals surface area (Å²) in [5, 5.41) is 7.22. The molecule has 1 aliphatic rings. The van der Waals surface area contributed by atoms with Gasteiger partial charge in [-0.05, 0) is 51.3 Å². The Bertz CT molecular complexity index is 1060. The molecule has 0 saturated carbocycles. The van der Waals surface area contributed by atoms with Crippen LogP contribution in [0, 0.1) is 20.8 Å². The van der Waals surface area contributed by atoms with Crippen LogP contribution in [-0.2, 0) is 11.3 Å². The van der Waals surface area contributed by atoms with E-state index in [1.807, 2.05) is 32.9 Å². The average molecular weight is 422 g/mol. The van der Waals surface area contributed by atoms with Crippen LogP contribution < -0.4 is 10.1 Å². The van der Waals surface area contributed by atoms with E-state index in [0.29, 0.717) is 36.1 Å². The summed E-state index contributed by atoms with van der Waals surface area (Å²) >= 11 is 0. The molecule has 0 aromatic carbocycles. The molecular formula is C23H26N4O4. The second-order valence-corrected chi connectivity index (χ2v) is 7.74. The van der Waals surface area contributed by atoms with Crippen LogP contribution in [-0.4, -0.2) is 40.3 Å². The quantitative estimate of drug-likeness (QED) is 0.648. The van der Waals surface area contributed by atoms with Crippen molar-refractivity contribution in [1.82, 2.24) is 20.4 Å². The Hall–Kier alpha value is -3.26. The number of nitrogens with zero attached hydrogens (tertiary/aromatic N) is 3. The number of nitrogens with one attached hydrogen (secondary N) is 1. The van der Waals surface area contributed by atoms with E-state index >= 15 is 0 Å². The normalized spacial score (nSPS) is 14.4. The first kappa shape index (κ1) is 21.0. The first-order chi connectivity index (χ1) is 15.0. The van der Waals surface area contributed by atoms with Gasteiger partial charge < -0.3 is 19.3 Å². The standard InChI is InChI=1S/C23H26N4O4/c1-14-10-21(25-12-19(14)23(28)26-18-6-8-29-9-7-18)30-13-20-16(3)31-27-22(20)17-5-4-15(2)24-11-17/h4-5,10-12,18H,6-9,13H2,1-3H3,(H,26,28). The molecule has 0 atom stereocenters. The monoisotopic (exact) mass is 422 g/mol. The highest BCUT2D eigenvalue weighted by Crippen LogP contribution is 2.26. The third-order valence-electron chi connectivity index (χ3n) is 5.42. The molecule has 0 spiro atoms. The molecule has 162 valence electrons. The molecule has 3 aromatic rings. The minimum Gasteiger partial charge on any atom is -0.473 e. The van der Waals surface area contributed by atoms with E-state index in [4.69, 9.17) is 14.0 Å². The van der Waals surface area contributed by atoms with Crippen molar-refractivity contribution in [2.24, 2.45) is 0 Å². The summed E-state index contributed by atoms with van der Waals surface area (Å²) in [4.78, 5) is 21.3. The Morgan fingerprint density at radius 1 is 1.16 bits per heavy atom. The zero-order valence-electron chi connectivity index (χ0n) is 18.0. The van der Waals surface area contributed by atoms with Gasteiger partial charge in [0.15, 0.2) is 0 Å². The van der Waals surface area contributed by atoms with E-state index in [1.165, 1.54) is 0 Å². The van der Waals surface area contributed by atoms with E-state index < -0.39 is 0 Å². The van der Waals surface area contributed by atoms with Gasteiger partial charge in [0.25, 0.3) is 5.91 Å². The number of hydrogen-bond acceptors (Lipinski definition) is 7. The fourth-order valence-electron chi connectivity index (χ4n) is 3.49. The summed E-state index contributed by atoms with van der Waals surface area (Å²) in [6.45, 7) is 7.26. The lowest BCUT2D eigenvalue weighted by atomic mass is 10.1. The van der Waals surface area contributed by atoms with Gasteiger partial charge in [-0.3, -0.25) is 9.78 Å². The number of carbonyl (C=O) groups excluding carboxylic acids is 1. The molecule has 31 heavy (non-hydrogen) atoms. The Labute approximate surface area is 181 Å². The van der Waals surface area contributed by atoms with Gasteiger partial charge in [-0.15, -0.1) is 0 Å². The molecule has 3 aromatic heterocycles. The van der Waals surface area contributed by atoms with Crippen molar-refractivity contribution in [3.8, 4) is 17.1 Å². The van der Waals surface area contributed by atoms with Crippen molar-refractivity contribution in [3.63, 3.8) is 0 Å². The highest BCUT2D eigenvalue weighted by molar-refractivity contribution is 5.95. The molecule has 1 amide bonds. The Morgan fingerprint density at radius 3 is 2.68 bits per heavy atom. The minimum absolute atomic E-state index is 0.118. The van der Waals surface area contributed by atoms with Crippen LogP contribution in [0.2, 0.25) is 0 Å². The predicted molar refractivity (Wildman–Crippen MR) is 114 cm³/mol. The van der Waals surface area contributed by atoms with Crippen molar-refractivity contribution in [1.29, 1.82) is 0 Å². The Balaban J connectivity index is 1.44. The topological polar surface area (TPSA) is 99.4 Å². The average Bonchev–Trinajstić information content (AvgIpc) is 3.14. The van der Waals surface area contributed by atoms with Crippen molar-refractivity contribution in [3.05, 3.63) is 58.7 Å². The van der Waals surface area contributed by atoms with Crippen LogP contribution in [0.25, 0.3) is 11.3 Å². The lowest BCUT2D eigenvalue weighted by Gasteiger charge is -2.23. The van der Waals surface area contributed by atoms with Gasteiger partial charge >= 0.3 is 0 Å². The van der Waals surface area contributed by atoms with E-state index in [-0.39, 0.29) is 18.6 Å². The minimum atomic E-state index is -0.118. The summed E-state index contributed by atoms with van der Waals surface area (Å²) in [6, 6.07) is 5.80. The van der Waals surface area contributed by atoms with Crippen molar-refractivity contribution < 1.29 is 18.8 Å². The van der Waals surface area contributed by atoms with Crippen molar-refractivity contribution in [2.75, 3.05) is 13.2 Å². The Morgan fingerprint density at radius 2 is 1.97 bits per heavy atom. The molecule has 8 heteroatoms. The molecule has 0 radical (unpaired) electrons. The smallest absolute Gasteiger partial charge is 0.253 e. The van der Waals surface area contributed by atoms with Gasteiger partial charge in [-0.25, -0.2) is 4.98 Å². The van der Waals surface area contributed by atoms with Gasteiger partial charge in [0.2, 0.25) is 5.88 Å². The van der Waals surface area contributed by atoms with E-state index in [2.05, 4.69) is 20.4 Å². The largest absolute Gasteiger partial charge is 0.473 e. The molecule has 0 unspecified atom stereocenters. The Kier molecular flexibility index (Phi) is 6.27. The third-order valence-corrected chi connectivity index (χ3v) is 5.42. The zero-order valence-corrected chi connectivity index (χ0v) is 18.0. The van der Waals surface area contributed by atoms with Crippen molar-refractivity contribution in [2.45, 2.75) is 46.3 Å². The molecule has 0 bridgehead atoms. The third kappa shape index (κ3) is 4.91. The van der Waals surface area contributed by atoms with E-state index in [0.717, 1.165) is 35.2 Å². The maximum absolute atomic E-state index is 12.6. The van der Waals surface area contributed by atoms with Gasteiger partial charge in [0, 0.05) is 49.0 Å². The highest BCUT2D eigenvalue weighted by Gasteiger charge is 2.19. The lowest BCUT2D eigenvalue weighted by Crippen LogP contribution is -2.39. The molecule has 4 heterocycles. The first-order valence-corrected chi connectivity index (χ1v) is 10.4. The van der Waals surface area contributed by atoms with E-state index in [9.17, 15) is 4.79 Å². The van der Waals surface area contributed by atoms with Crippen LogP contribution in [0.5, 0.6) is 5.88 Å². The number of pyridine rings is 2. The predicted octanol–water partition coefficient (Wildman–Crippen LogP) is 3.54. The molecule has 0 aliphatic carbocycles. The zero-order chi connectivity index (χ0) is 21.8. The maximum atomic E-state index is 12.6. The number of aromatic nitrogens is 3. The molecule has 8 nitrogen and oxygen atoms in total. The lowest BCUT2D eigenvalue weighted by molar-refractivity contribution is 0.0696. The summed E-state index contributed by atoms with van der Waals surface area (Å²) < 4.78 is 16.6. The number of carbonyl (C=O) groups is 1. The second-order valence-electron chi connectivity index (χ2n) is 7.74. The SMILES string of the molecule is Cc1ccc(-c2noc(C)c2COc2cc(C)c(C(=O)NC3CCOCC3)cn2)cn1. The fraction of sp³-hybridized carbons (Fsp3) is 0.391. The first-order valence-electron chi connectivity index (χ1n) is 10.4. The summed E-state index contributed by atoms with van der Waals surface area (Å²) in [5.41, 5.74) is 4.69. The summed E-state index contributed by atoms with van der Waals surface area (Å²) in [7, 11) is 0. The van der Waals surface area contributed by atoms with E-state index in [1.54, 1.807) is 18.5 Å². The number of amides is 1. The number of rotatable bonds is 6. The fourth-order valence-corrected chi connectivity index (χ4v) is 3.49. The van der Waals surface area contributed by atoms with Gasteiger partial charge in [-0.2, -0.15) is 0 Å². The maximum Gasteiger partial charge on any atom is 0.253 e. The number of hydrogen-bond donors (Lipinski definition) is 1. The van der Waals surface area contributed by atoms with Crippen LogP contribution in [0.1, 0.15) is 45.8 Å². The van der Waals surface area contributed by atoms with Crippen LogP contribution in [0.15, 0.2) is 35.1 Å². The molecule has 1 N–H and O–H groups in total.